The highest BCUT2D eigenvalue weighted by atomic mass is 16.8. The van der Waals surface area contributed by atoms with Crippen molar-refractivity contribution >= 4 is 90.0 Å². The van der Waals surface area contributed by atoms with Crippen molar-refractivity contribution < 1.29 is 148 Å². The van der Waals surface area contributed by atoms with Gasteiger partial charge in [0.05, 0.1) is 124 Å². The standard InChI is InChI=1S/C75H110N16O31/c1-18-24-107-26-28-109-30-31-110-29-27-108-25-19-56(96)89(35-45-37-90(87-85-45)22-20-76-54(94)41-111-59(52-39-113-70(103)117-52)58-47(32-43(2)92)48(33-50(115-58)62(97)105-16)79-64(81-66(99)119-72(4,5)6)82-67(100)120-73(7,8)9)36-46-38-91(88-86-46)23-21-77-55(95)42-112-60(53-40-114-71(104)118-53)61-57(78-44(3)93)49(34-51(116-61)63(98)106-17)80-65(83-68(101)121-74(10,11)12)84-69(102)122-75(13,14)15/h1,33-34,37-38,47-49,52-53,57-61H,19-32,35-36,39-42H2,2-17H3,(H,76,94)(H,77,95)(H,78,93)(H2,79,81,82,99,100)(H2,80,83,84,101,102)/t47-,48+,49+,52-,53-,57-,58-,59-,60-,61-/m1/s1. The van der Waals surface area contributed by atoms with E-state index in [-0.39, 0.29) is 96.5 Å². The number of alkyl carbamates (subject to hydrolysis) is 4. The Morgan fingerprint density at radius 3 is 1.34 bits per heavy atom. The average Bonchev–Trinajstić information content (AvgIpc) is 1.02. The average molecular weight is 1730 g/mol. The van der Waals surface area contributed by atoms with Crippen molar-refractivity contribution in [2.24, 2.45) is 15.9 Å². The molecule has 0 bridgehead atoms. The molecule has 0 saturated carbocycles. The lowest BCUT2D eigenvalue weighted by molar-refractivity contribution is -0.158. The first-order valence-corrected chi connectivity index (χ1v) is 38.6. The van der Waals surface area contributed by atoms with E-state index in [1.54, 1.807) is 83.1 Å². The summed E-state index contributed by atoms with van der Waals surface area (Å²) >= 11 is 0. The maximum atomic E-state index is 14.1. The predicted molar refractivity (Wildman–Crippen MR) is 415 cm³/mol. The fraction of sp³-hybridized carbons (Fsp3) is 0.667. The van der Waals surface area contributed by atoms with Crippen LogP contribution in [-0.4, -0.2) is 309 Å². The molecule has 47 heteroatoms. The van der Waals surface area contributed by atoms with E-state index in [9.17, 15) is 62.3 Å². The normalized spacial score (nSPS) is 19.2. The number of nitrogens with one attached hydrogen (secondary N) is 7. The van der Waals surface area contributed by atoms with Crippen molar-refractivity contribution in [1.82, 2.24) is 72.1 Å². The molecule has 47 nitrogen and oxygen atoms in total. The van der Waals surface area contributed by atoms with Gasteiger partial charge in [-0.05, 0) is 102 Å². The van der Waals surface area contributed by atoms with E-state index in [4.69, 9.17) is 91.7 Å². The minimum absolute atomic E-state index is 0.00214. The lowest BCUT2D eigenvalue weighted by atomic mass is 9.82. The third kappa shape index (κ3) is 36.2. The monoisotopic (exact) mass is 1730 g/mol. The summed E-state index contributed by atoms with van der Waals surface area (Å²) in [5, 5.41) is 34.4. The van der Waals surface area contributed by atoms with E-state index < -0.39 is 211 Å². The molecule has 10 atom stereocenters. The number of ketones is 1. The zero-order chi connectivity index (χ0) is 90.1. The molecule has 8 amide bonds. The van der Waals surface area contributed by atoms with Gasteiger partial charge in [-0.2, -0.15) is 0 Å². The SMILES string of the molecule is C#CCOCCOCCOCCOCCC(=O)N(Cc1cn(CCNC(=O)CO[C@@H]([C@@H]2OC(C(=O)OC)=C[C@H](N=C(NC(=O)OC(C)(C)C)NC(=O)OC(C)(C)C)[C@H]2CC(C)=O)[C@H]2COC(=O)O2)nn1)Cc1cn(CCNC(=O)CO[C@@H]([C@@H]2OC(C(=O)OC)=C[C@H](N=C(NC(=O)OC(C)(C)C)NC(=O)OC(C)(C)C)[C@H]2NC(C)=O)[C@H]2COC(=O)O2)nn1. The van der Waals surface area contributed by atoms with Crippen LogP contribution >= 0.6 is 0 Å². The Balaban J connectivity index is 1.15. The number of methoxy groups -OCH3 is 2. The van der Waals surface area contributed by atoms with Crippen LogP contribution in [0.25, 0.3) is 0 Å². The van der Waals surface area contributed by atoms with Gasteiger partial charge in [-0.1, -0.05) is 16.3 Å². The number of aromatic nitrogens is 6. The van der Waals surface area contributed by atoms with Crippen molar-refractivity contribution in [3.63, 3.8) is 0 Å². The molecule has 0 radical (unpaired) electrons. The molecule has 6 heterocycles. The van der Waals surface area contributed by atoms with E-state index in [0.717, 1.165) is 27.2 Å². The summed E-state index contributed by atoms with van der Waals surface area (Å²) in [6.45, 7) is 20.1. The molecule has 0 aliphatic carbocycles. The maximum Gasteiger partial charge on any atom is 0.508 e. The molecule has 2 saturated heterocycles. The highest BCUT2D eigenvalue weighted by molar-refractivity contribution is 6.02. The summed E-state index contributed by atoms with van der Waals surface area (Å²) in [6.07, 6.45) is -5.35. The van der Waals surface area contributed by atoms with Crippen LogP contribution in [0.1, 0.15) is 121 Å². The summed E-state index contributed by atoms with van der Waals surface area (Å²) in [5.41, 5.74) is -3.57. The highest BCUT2D eigenvalue weighted by Gasteiger charge is 2.51. The molecule has 4 aliphatic heterocycles. The van der Waals surface area contributed by atoms with Gasteiger partial charge in [0.15, 0.2) is 18.3 Å². The maximum absolute atomic E-state index is 14.1. The molecule has 2 aromatic rings. The zero-order valence-corrected chi connectivity index (χ0v) is 71.0. The fourth-order valence-corrected chi connectivity index (χ4v) is 11.5. The van der Waals surface area contributed by atoms with Crippen molar-refractivity contribution in [3.8, 4) is 12.3 Å². The Bertz CT molecular complexity index is 3820. The first kappa shape index (κ1) is 99.0. The number of guanidine groups is 2. The third-order valence-corrected chi connectivity index (χ3v) is 16.2. The predicted octanol–water partition coefficient (Wildman–Crippen LogP) is 1.12. The van der Waals surface area contributed by atoms with Gasteiger partial charge in [0.2, 0.25) is 47.1 Å². The van der Waals surface area contributed by atoms with E-state index in [0.29, 0.717) is 19.8 Å². The summed E-state index contributed by atoms with van der Waals surface area (Å²) < 4.78 is 102. The third-order valence-electron chi connectivity index (χ3n) is 16.2. The number of hydrogen-bond donors (Lipinski definition) is 7. The Morgan fingerprint density at radius 2 is 0.951 bits per heavy atom. The van der Waals surface area contributed by atoms with Crippen LogP contribution in [-0.2, 0) is 145 Å². The van der Waals surface area contributed by atoms with Crippen LogP contribution in [0.5, 0.6) is 0 Å². The minimum Gasteiger partial charge on any atom is -0.480 e. The van der Waals surface area contributed by atoms with Crippen LogP contribution in [0, 0.1) is 18.3 Å². The number of rotatable bonds is 40. The number of aliphatic imine (C=N–C) groups is 2. The molecular weight excluding hydrogens is 1620 g/mol. The summed E-state index contributed by atoms with van der Waals surface area (Å²) in [7, 11) is 2.10. The number of esters is 2. The second-order valence-corrected chi connectivity index (χ2v) is 31.2. The second kappa shape index (κ2) is 47.4. The zero-order valence-electron chi connectivity index (χ0n) is 71.0. The topological polar surface area (TPSA) is 562 Å². The van der Waals surface area contributed by atoms with Crippen molar-refractivity contribution in [2.45, 2.75) is 213 Å². The number of carbonyl (C=O) groups excluding carboxylic acids is 13. The Kier molecular flexibility index (Phi) is 38.4. The quantitative estimate of drug-likeness (QED) is 0.0123. The number of amides is 8. The molecule has 0 unspecified atom stereocenters. The molecule has 7 N–H and O–H groups in total. The van der Waals surface area contributed by atoms with Gasteiger partial charge < -0.3 is 111 Å². The van der Waals surface area contributed by atoms with Crippen molar-refractivity contribution in [1.29, 1.82) is 0 Å². The van der Waals surface area contributed by atoms with Gasteiger partial charge in [0, 0.05) is 32.4 Å². The Hall–Kier alpha value is -11.9. The van der Waals surface area contributed by atoms with Crippen molar-refractivity contribution in [2.75, 3.05) is 107 Å². The van der Waals surface area contributed by atoms with Crippen LogP contribution in [0.3, 0.4) is 0 Å². The molecule has 2 aromatic heterocycles. The molecular formula is C75H110N16O31. The van der Waals surface area contributed by atoms with Gasteiger partial charge in [-0.3, -0.25) is 49.8 Å². The molecule has 122 heavy (non-hydrogen) atoms. The number of ether oxygens (including phenoxy) is 18. The Morgan fingerprint density at radius 1 is 0.557 bits per heavy atom. The fourth-order valence-electron chi connectivity index (χ4n) is 11.5. The molecule has 6 rings (SSSR count). The van der Waals surface area contributed by atoms with Crippen LogP contribution in [0.2, 0.25) is 0 Å². The molecule has 676 valence electrons. The summed E-state index contributed by atoms with van der Waals surface area (Å²) in [5.74, 6) is -6.06. The molecule has 0 aromatic carbocycles. The number of hydrogen-bond acceptors (Lipinski definition) is 37. The van der Waals surface area contributed by atoms with E-state index in [2.05, 4.69) is 73.7 Å². The van der Waals surface area contributed by atoms with Crippen LogP contribution in [0.15, 0.2) is 46.0 Å². The first-order chi connectivity index (χ1) is 57.4. The van der Waals surface area contributed by atoms with E-state index in [1.165, 1.54) is 39.7 Å². The minimum atomic E-state index is -1.60. The van der Waals surface area contributed by atoms with Gasteiger partial charge in [0.25, 0.3) is 0 Å². The van der Waals surface area contributed by atoms with Gasteiger partial charge in [0.1, 0.15) is 90.9 Å². The second-order valence-electron chi connectivity index (χ2n) is 31.2. The number of nitrogens with zero attached hydrogens (tertiary/aromatic N) is 9. The number of carbonyl (C=O) groups is 13. The lowest BCUT2D eigenvalue weighted by Crippen LogP contribution is -2.61. The highest BCUT2D eigenvalue weighted by Crippen LogP contribution is 2.36. The van der Waals surface area contributed by atoms with E-state index in [1.807, 2.05) is 0 Å². The largest absolute Gasteiger partial charge is 0.508 e. The summed E-state index contributed by atoms with van der Waals surface area (Å²) in [4.78, 5) is 183. The number of terminal acetylenes is 1. The lowest BCUT2D eigenvalue weighted by Gasteiger charge is -2.40. The number of Topliss-reactive ketones (excluding diaryl/α,β-unsaturated/α-hetero) is 1. The van der Waals surface area contributed by atoms with Crippen LogP contribution < -0.4 is 37.2 Å². The molecule has 4 aliphatic rings. The van der Waals surface area contributed by atoms with Gasteiger partial charge in [-0.15, -0.1) is 16.6 Å². The van der Waals surface area contributed by atoms with Gasteiger partial charge in [-0.25, -0.2) is 48.3 Å². The molecule has 0 spiro atoms. The van der Waals surface area contributed by atoms with Crippen molar-refractivity contribution in [3.05, 3.63) is 47.5 Å². The first-order valence-electron chi connectivity index (χ1n) is 38.6. The smallest absolute Gasteiger partial charge is 0.480 e. The summed E-state index contributed by atoms with van der Waals surface area (Å²) in [6, 6.07) is -4.24. The molecule has 2 fully saturated rings. The van der Waals surface area contributed by atoms with Gasteiger partial charge >= 0.3 is 48.6 Å². The van der Waals surface area contributed by atoms with E-state index >= 15 is 0 Å². The van der Waals surface area contributed by atoms with Crippen LogP contribution in [0.4, 0.5) is 28.8 Å². The number of cyclic esters (lactones) is 4. The Labute approximate surface area is 702 Å².